The van der Waals surface area contributed by atoms with Crippen molar-refractivity contribution in [2.45, 2.75) is 12.8 Å². The highest BCUT2D eigenvalue weighted by Crippen LogP contribution is 2.26. The molecule has 1 atom stereocenters. The molecule has 2 rings (SSSR count). The molecule has 3 N–H and O–H groups in total. The van der Waals surface area contributed by atoms with E-state index in [0.29, 0.717) is 13.0 Å². The highest BCUT2D eigenvalue weighted by atomic mass is 32.2. The Kier molecular flexibility index (Phi) is 4.42. The van der Waals surface area contributed by atoms with Crippen LogP contribution in [0.4, 0.5) is 5.69 Å². The highest BCUT2D eigenvalue weighted by Gasteiger charge is 2.32. The van der Waals surface area contributed by atoms with Crippen molar-refractivity contribution in [3.05, 3.63) is 29.8 Å². The number of nitrogens with zero attached hydrogens (tertiary/aromatic N) is 1. The van der Waals surface area contributed by atoms with Gasteiger partial charge in [0.05, 0.1) is 5.75 Å². The first kappa shape index (κ1) is 15.0. The van der Waals surface area contributed by atoms with Gasteiger partial charge in [0.25, 0.3) is 0 Å². The van der Waals surface area contributed by atoms with Gasteiger partial charge < -0.3 is 10.0 Å². The van der Waals surface area contributed by atoms with Crippen molar-refractivity contribution in [3.8, 4) is 0 Å². The molecule has 20 heavy (non-hydrogen) atoms. The molecule has 1 heterocycles. The van der Waals surface area contributed by atoms with Gasteiger partial charge in [-0.15, -0.1) is 0 Å². The summed E-state index contributed by atoms with van der Waals surface area (Å²) in [7, 11) is -3.56. The molecule has 1 amide bonds. The summed E-state index contributed by atoms with van der Waals surface area (Å²) >= 11 is 0. The Bertz CT molecular complexity index is 583. The minimum Gasteiger partial charge on any atom is -0.396 e. The number of primary sulfonamides is 1. The number of nitrogens with two attached hydrogens (primary N) is 1. The topological polar surface area (TPSA) is 101 Å². The van der Waals surface area contributed by atoms with Crippen LogP contribution in [0.2, 0.25) is 0 Å². The maximum absolute atomic E-state index is 11.9. The molecule has 0 aliphatic carbocycles. The molecule has 0 bridgehead atoms. The van der Waals surface area contributed by atoms with Crippen LogP contribution in [-0.4, -0.2) is 38.3 Å². The standard InChI is InChI=1S/C13H18N2O4S/c14-20(18,19)9-11-7-13(17)15(8-11)12-3-1-10(2-4-12)5-6-16/h1-4,11,16H,5-9H2,(H2,14,18,19). The van der Waals surface area contributed by atoms with Crippen LogP contribution in [0, 0.1) is 5.92 Å². The molecule has 0 aromatic heterocycles. The third kappa shape index (κ3) is 3.78. The molecule has 0 radical (unpaired) electrons. The lowest BCUT2D eigenvalue weighted by molar-refractivity contribution is -0.117. The van der Waals surface area contributed by atoms with Crippen molar-refractivity contribution in [3.63, 3.8) is 0 Å². The van der Waals surface area contributed by atoms with Gasteiger partial charge in [-0.25, -0.2) is 13.6 Å². The maximum Gasteiger partial charge on any atom is 0.227 e. The van der Waals surface area contributed by atoms with E-state index in [1.807, 2.05) is 24.3 Å². The van der Waals surface area contributed by atoms with E-state index in [9.17, 15) is 13.2 Å². The molecule has 1 aromatic carbocycles. The molecule has 1 aliphatic heterocycles. The Labute approximate surface area is 118 Å². The number of benzene rings is 1. The molecule has 6 nitrogen and oxygen atoms in total. The van der Waals surface area contributed by atoms with E-state index in [-0.39, 0.29) is 30.6 Å². The zero-order chi connectivity index (χ0) is 14.8. The van der Waals surface area contributed by atoms with Crippen molar-refractivity contribution in [2.75, 3.05) is 23.8 Å². The molecular formula is C13H18N2O4S. The summed E-state index contributed by atoms with van der Waals surface area (Å²) in [6.45, 7) is 0.451. The molecule has 1 unspecified atom stereocenters. The van der Waals surface area contributed by atoms with Crippen LogP contribution in [0.1, 0.15) is 12.0 Å². The van der Waals surface area contributed by atoms with Crippen molar-refractivity contribution in [2.24, 2.45) is 11.1 Å². The summed E-state index contributed by atoms with van der Waals surface area (Å²) < 4.78 is 22.2. The van der Waals surface area contributed by atoms with E-state index < -0.39 is 10.0 Å². The van der Waals surface area contributed by atoms with Gasteiger partial charge in [0.1, 0.15) is 0 Å². The molecule has 0 saturated carbocycles. The fourth-order valence-electron chi connectivity index (χ4n) is 2.44. The molecule has 7 heteroatoms. The molecule has 1 aliphatic rings. The average Bonchev–Trinajstić information content (AvgIpc) is 2.69. The fraction of sp³-hybridized carbons (Fsp3) is 0.462. The lowest BCUT2D eigenvalue weighted by Gasteiger charge is -2.17. The molecule has 0 spiro atoms. The van der Waals surface area contributed by atoms with Crippen molar-refractivity contribution < 1.29 is 18.3 Å². The first-order valence-corrected chi connectivity index (χ1v) is 8.11. The van der Waals surface area contributed by atoms with E-state index in [2.05, 4.69) is 0 Å². The lowest BCUT2D eigenvalue weighted by atomic mass is 10.1. The Balaban J connectivity index is 2.07. The highest BCUT2D eigenvalue weighted by molar-refractivity contribution is 7.89. The number of anilines is 1. The van der Waals surface area contributed by atoms with Gasteiger partial charge in [-0.2, -0.15) is 0 Å². The second kappa shape index (κ2) is 5.90. The number of carbonyl (C=O) groups excluding carboxylic acids is 1. The molecule has 1 aromatic rings. The van der Waals surface area contributed by atoms with Crippen molar-refractivity contribution >= 4 is 21.6 Å². The van der Waals surface area contributed by atoms with Crippen molar-refractivity contribution in [1.29, 1.82) is 0 Å². The van der Waals surface area contributed by atoms with Crippen LogP contribution in [0.15, 0.2) is 24.3 Å². The van der Waals surface area contributed by atoms with Crippen LogP contribution in [0.3, 0.4) is 0 Å². The summed E-state index contributed by atoms with van der Waals surface area (Å²) in [6.07, 6.45) is 0.775. The Hall–Kier alpha value is -1.44. The summed E-state index contributed by atoms with van der Waals surface area (Å²) in [6, 6.07) is 7.32. The summed E-state index contributed by atoms with van der Waals surface area (Å²) in [5, 5.41) is 13.9. The van der Waals surface area contributed by atoms with Gasteiger partial charge >= 0.3 is 0 Å². The smallest absolute Gasteiger partial charge is 0.227 e. The Morgan fingerprint density at radius 3 is 2.50 bits per heavy atom. The quantitative estimate of drug-likeness (QED) is 0.790. The molecule has 1 saturated heterocycles. The zero-order valence-corrected chi connectivity index (χ0v) is 11.8. The van der Waals surface area contributed by atoms with E-state index in [0.717, 1.165) is 11.3 Å². The molecular weight excluding hydrogens is 280 g/mol. The van der Waals surface area contributed by atoms with E-state index in [4.69, 9.17) is 10.2 Å². The zero-order valence-electron chi connectivity index (χ0n) is 11.0. The largest absolute Gasteiger partial charge is 0.396 e. The van der Waals surface area contributed by atoms with Crippen molar-refractivity contribution in [1.82, 2.24) is 0 Å². The first-order chi connectivity index (χ1) is 9.39. The average molecular weight is 298 g/mol. The SMILES string of the molecule is NS(=O)(=O)CC1CC(=O)N(c2ccc(CCO)cc2)C1. The van der Waals surface area contributed by atoms with Gasteiger partial charge in [0.15, 0.2) is 0 Å². The van der Waals surface area contributed by atoms with Crippen LogP contribution < -0.4 is 10.0 Å². The Morgan fingerprint density at radius 2 is 1.95 bits per heavy atom. The number of carbonyl (C=O) groups is 1. The predicted molar refractivity (Wildman–Crippen MR) is 75.7 cm³/mol. The second-order valence-electron chi connectivity index (χ2n) is 5.04. The van der Waals surface area contributed by atoms with Crippen LogP contribution in [0.5, 0.6) is 0 Å². The number of aliphatic hydroxyl groups is 1. The third-order valence-electron chi connectivity index (χ3n) is 3.32. The minimum atomic E-state index is -3.56. The summed E-state index contributed by atoms with van der Waals surface area (Å²) in [4.78, 5) is 13.5. The maximum atomic E-state index is 11.9. The number of rotatable bonds is 5. The lowest BCUT2D eigenvalue weighted by Crippen LogP contribution is -2.27. The van der Waals surface area contributed by atoms with Gasteiger partial charge in [-0.1, -0.05) is 12.1 Å². The summed E-state index contributed by atoms with van der Waals surface area (Å²) in [5.74, 6) is -0.513. The first-order valence-electron chi connectivity index (χ1n) is 6.39. The van der Waals surface area contributed by atoms with E-state index in [1.165, 1.54) is 0 Å². The second-order valence-corrected chi connectivity index (χ2v) is 6.70. The normalized spacial score (nSPS) is 19.6. The monoisotopic (exact) mass is 298 g/mol. The van der Waals surface area contributed by atoms with E-state index in [1.54, 1.807) is 4.90 Å². The number of amides is 1. The van der Waals surface area contributed by atoms with Gasteiger partial charge in [-0.05, 0) is 24.1 Å². The predicted octanol–water partition coefficient (Wildman–Crippen LogP) is -0.137. The summed E-state index contributed by atoms with van der Waals surface area (Å²) in [5.41, 5.74) is 1.73. The number of aliphatic hydroxyl groups excluding tert-OH is 1. The third-order valence-corrected chi connectivity index (χ3v) is 4.26. The molecule has 110 valence electrons. The van der Waals surface area contributed by atoms with Gasteiger partial charge in [0, 0.05) is 31.2 Å². The van der Waals surface area contributed by atoms with Crippen LogP contribution >= 0.6 is 0 Å². The van der Waals surface area contributed by atoms with E-state index >= 15 is 0 Å². The van der Waals surface area contributed by atoms with Crippen LogP contribution in [-0.2, 0) is 21.2 Å². The number of hydrogen-bond donors (Lipinski definition) is 2. The molecule has 1 fully saturated rings. The van der Waals surface area contributed by atoms with Crippen LogP contribution in [0.25, 0.3) is 0 Å². The number of sulfonamides is 1. The number of hydrogen-bond acceptors (Lipinski definition) is 4. The Morgan fingerprint density at radius 1 is 1.30 bits per heavy atom. The van der Waals surface area contributed by atoms with Gasteiger partial charge in [0.2, 0.25) is 15.9 Å². The fourth-order valence-corrected chi connectivity index (χ4v) is 3.32. The van der Waals surface area contributed by atoms with Gasteiger partial charge in [-0.3, -0.25) is 4.79 Å². The minimum absolute atomic E-state index is 0.0818.